The van der Waals surface area contributed by atoms with Gasteiger partial charge in [-0.15, -0.1) is 0 Å². The molecule has 1 aromatic rings. The number of pyridine rings is 1. The van der Waals surface area contributed by atoms with E-state index in [0.29, 0.717) is 0 Å². The Bertz CT molecular complexity index is 416. The standard InChI is InChI=1S/C11H15N3O3/c1-3-9(4-2)13-11(15)8-5-6-12-10(7-8)14(16)17/h5-7,9H,3-4H2,1-2H3,(H,13,15). The van der Waals surface area contributed by atoms with E-state index >= 15 is 0 Å². The van der Waals surface area contributed by atoms with E-state index < -0.39 is 4.92 Å². The molecule has 17 heavy (non-hydrogen) atoms. The van der Waals surface area contributed by atoms with E-state index in [-0.39, 0.29) is 23.3 Å². The summed E-state index contributed by atoms with van der Waals surface area (Å²) < 4.78 is 0. The van der Waals surface area contributed by atoms with E-state index in [9.17, 15) is 14.9 Å². The molecule has 0 aliphatic carbocycles. The number of rotatable bonds is 5. The van der Waals surface area contributed by atoms with Gasteiger partial charge in [0.15, 0.2) is 0 Å². The number of carbonyl (C=O) groups excluding carboxylic acids is 1. The van der Waals surface area contributed by atoms with Gasteiger partial charge >= 0.3 is 5.82 Å². The van der Waals surface area contributed by atoms with E-state index in [4.69, 9.17) is 0 Å². The Kier molecular flexibility index (Phi) is 4.56. The van der Waals surface area contributed by atoms with Crippen molar-refractivity contribution in [3.8, 4) is 0 Å². The Morgan fingerprint density at radius 1 is 1.53 bits per heavy atom. The normalized spacial score (nSPS) is 10.3. The fraction of sp³-hybridized carbons (Fsp3) is 0.455. The number of nitro groups is 1. The minimum Gasteiger partial charge on any atom is -0.358 e. The van der Waals surface area contributed by atoms with Gasteiger partial charge in [-0.3, -0.25) is 4.79 Å². The zero-order chi connectivity index (χ0) is 12.8. The van der Waals surface area contributed by atoms with Crippen LogP contribution >= 0.6 is 0 Å². The molecule has 1 aromatic heterocycles. The fourth-order valence-electron chi connectivity index (χ4n) is 1.42. The minimum atomic E-state index is -0.617. The van der Waals surface area contributed by atoms with Gasteiger partial charge in [-0.1, -0.05) is 13.8 Å². The lowest BCUT2D eigenvalue weighted by molar-refractivity contribution is -0.389. The number of hydrogen-bond acceptors (Lipinski definition) is 4. The first kappa shape index (κ1) is 13.1. The van der Waals surface area contributed by atoms with Gasteiger partial charge in [-0.25, -0.2) is 0 Å². The number of amides is 1. The maximum atomic E-state index is 11.8. The number of carbonyl (C=O) groups is 1. The molecule has 0 atom stereocenters. The van der Waals surface area contributed by atoms with Crippen LogP contribution in [0.15, 0.2) is 18.3 Å². The van der Waals surface area contributed by atoms with Gasteiger partial charge in [-0.2, -0.15) is 0 Å². The van der Waals surface area contributed by atoms with Crippen molar-refractivity contribution < 1.29 is 9.72 Å². The van der Waals surface area contributed by atoms with E-state index in [0.717, 1.165) is 12.8 Å². The molecule has 1 rings (SSSR count). The zero-order valence-corrected chi connectivity index (χ0v) is 9.84. The molecule has 0 spiro atoms. The molecule has 6 heteroatoms. The van der Waals surface area contributed by atoms with Gasteiger partial charge in [-0.05, 0) is 28.8 Å². The Morgan fingerprint density at radius 2 is 2.18 bits per heavy atom. The van der Waals surface area contributed by atoms with Crippen LogP contribution in [0.3, 0.4) is 0 Å². The molecule has 0 saturated carbocycles. The molecule has 0 aliphatic heterocycles. The van der Waals surface area contributed by atoms with E-state index in [2.05, 4.69) is 10.3 Å². The van der Waals surface area contributed by atoms with Crippen molar-refractivity contribution in [2.45, 2.75) is 32.7 Å². The second-order valence-electron chi connectivity index (χ2n) is 3.65. The van der Waals surface area contributed by atoms with Crippen LogP contribution in [0.1, 0.15) is 37.0 Å². The monoisotopic (exact) mass is 237 g/mol. The number of aromatic nitrogens is 1. The highest BCUT2D eigenvalue weighted by atomic mass is 16.6. The van der Waals surface area contributed by atoms with Crippen LogP contribution in [0.5, 0.6) is 0 Å². The summed E-state index contributed by atoms with van der Waals surface area (Å²) in [5.41, 5.74) is 0.263. The summed E-state index contributed by atoms with van der Waals surface area (Å²) in [5, 5.41) is 13.3. The summed E-state index contributed by atoms with van der Waals surface area (Å²) in [6, 6.07) is 2.73. The maximum Gasteiger partial charge on any atom is 0.364 e. The molecule has 92 valence electrons. The molecule has 0 saturated heterocycles. The molecule has 1 N–H and O–H groups in total. The van der Waals surface area contributed by atoms with Gasteiger partial charge in [0, 0.05) is 12.1 Å². The topological polar surface area (TPSA) is 85.1 Å². The molecule has 0 radical (unpaired) electrons. The van der Waals surface area contributed by atoms with Gasteiger partial charge < -0.3 is 15.4 Å². The van der Waals surface area contributed by atoms with E-state index in [1.807, 2.05) is 13.8 Å². The Hall–Kier alpha value is -1.98. The van der Waals surface area contributed by atoms with Crippen molar-refractivity contribution in [3.05, 3.63) is 34.0 Å². The zero-order valence-electron chi connectivity index (χ0n) is 9.84. The van der Waals surface area contributed by atoms with Crippen molar-refractivity contribution in [2.75, 3.05) is 0 Å². The largest absolute Gasteiger partial charge is 0.364 e. The lowest BCUT2D eigenvalue weighted by Gasteiger charge is -2.14. The number of nitrogens with zero attached hydrogens (tertiary/aromatic N) is 2. The molecule has 0 unspecified atom stereocenters. The van der Waals surface area contributed by atoms with Gasteiger partial charge in [0.05, 0.1) is 5.56 Å². The summed E-state index contributed by atoms with van der Waals surface area (Å²) in [4.78, 5) is 25.3. The van der Waals surface area contributed by atoms with Gasteiger partial charge in [0.25, 0.3) is 5.91 Å². The predicted molar refractivity (Wildman–Crippen MR) is 62.7 cm³/mol. The second kappa shape index (κ2) is 5.93. The molecule has 0 bridgehead atoms. The highest BCUT2D eigenvalue weighted by Gasteiger charge is 2.14. The number of hydrogen-bond donors (Lipinski definition) is 1. The molecule has 1 heterocycles. The smallest absolute Gasteiger partial charge is 0.358 e. The molecule has 0 aliphatic rings. The van der Waals surface area contributed by atoms with Crippen LogP contribution in [0.25, 0.3) is 0 Å². The molecular weight excluding hydrogens is 222 g/mol. The highest BCUT2D eigenvalue weighted by Crippen LogP contribution is 2.09. The molecule has 0 fully saturated rings. The Labute approximate surface area is 99.2 Å². The number of nitrogens with one attached hydrogen (secondary N) is 1. The second-order valence-corrected chi connectivity index (χ2v) is 3.65. The van der Waals surface area contributed by atoms with Crippen LogP contribution in [0.4, 0.5) is 5.82 Å². The molecule has 0 aromatic carbocycles. The van der Waals surface area contributed by atoms with E-state index in [1.54, 1.807) is 0 Å². The first-order valence-electron chi connectivity index (χ1n) is 5.49. The summed E-state index contributed by atoms with van der Waals surface area (Å²) >= 11 is 0. The highest BCUT2D eigenvalue weighted by molar-refractivity contribution is 5.94. The van der Waals surface area contributed by atoms with Crippen LogP contribution in [0.2, 0.25) is 0 Å². The first-order chi connectivity index (χ1) is 8.08. The minimum absolute atomic E-state index is 0.0923. The first-order valence-corrected chi connectivity index (χ1v) is 5.49. The Morgan fingerprint density at radius 3 is 2.71 bits per heavy atom. The predicted octanol–water partition coefficient (Wildman–Crippen LogP) is 1.91. The molecule has 6 nitrogen and oxygen atoms in total. The lowest BCUT2D eigenvalue weighted by Crippen LogP contribution is -2.33. The van der Waals surface area contributed by atoms with Gasteiger partial charge in [0.2, 0.25) is 0 Å². The quantitative estimate of drug-likeness (QED) is 0.626. The third kappa shape index (κ3) is 3.51. The summed E-state index contributed by atoms with van der Waals surface area (Å²) in [6.45, 7) is 3.95. The van der Waals surface area contributed by atoms with Crippen LogP contribution in [-0.4, -0.2) is 21.9 Å². The van der Waals surface area contributed by atoms with Crippen LogP contribution < -0.4 is 5.32 Å². The van der Waals surface area contributed by atoms with Crippen molar-refractivity contribution in [2.24, 2.45) is 0 Å². The third-order valence-corrected chi connectivity index (χ3v) is 2.52. The average molecular weight is 237 g/mol. The average Bonchev–Trinajstić information content (AvgIpc) is 2.35. The van der Waals surface area contributed by atoms with Crippen molar-refractivity contribution in [3.63, 3.8) is 0 Å². The summed E-state index contributed by atoms with van der Waals surface area (Å²) in [7, 11) is 0. The Balaban J connectivity index is 2.82. The maximum absolute atomic E-state index is 11.8. The molecule has 1 amide bonds. The molecular formula is C11H15N3O3. The summed E-state index contributed by atoms with van der Waals surface area (Å²) in [5.74, 6) is -0.619. The lowest BCUT2D eigenvalue weighted by atomic mass is 10.1. The SMILES string of the molecule is CCC(CC)NC(=O)c1ccnc([N+](=O)[O-])c1. The fourth-order valence-corrected chi connectivity index (χ4v) is 1.42. The summed E-state index contributed by atoms with van der Waals surface area (Å²) in [6.07, 6.45) is 2.92. The van der Waals surface area contributed by atoms with Crippen molar-refractivity contribution in [1.29, 1.82) is 0 Å². The van der Waals surface area contributed by atoms with Crippen molar-refractivity contribution in [1.82, 2.24) is 10.3 Å². The van der Waals surface area contributed by atoms with Crippen molar-refractivity contribution >= 4 is 11.7 Å². The van der Waals surface area contributed by atoms with E-state index in [1.165, 1.54) is 18.3 Å². The van der Waals surface area contributed by atoms with Crippen LogP contribution in [0, 0.1) is 10.1 Å². The third-order valence-electron chi connectivity index (χ3n) is 2.52. The van der Waals surface area contributed by atoms with Crippen LogP contribution in [-0.2, 0) is 0 Å². The van der Waals surface area contributed by atoms with Gasteiger partial charge in [0.1, 0.15) is 6.20 Å².